The fraction of sp³-hybridized carbons (Fsp3) is 0.375. The molecule has 1 atom stereocenters. The number of benzene rings is 3. The zero-order chi connectivity index (χ0) is 26.4. The smallest absolute Gasteiger partial charge is 0.305 e. The number of carbonyl (C=O) groups is 2. The third-order valence-corrected chi connectivity index (χ3v) is 7.07. The van der Waals surface area contributed by atoms with E-state index in [0.717, 1.165) is 37.0 Å². The number of hydrogen-bond donors (Lipinski definition) is 1. The average Bonchev–Trinajstić information content (AvgIpc) is 3.21. The van der Waals surface area contributed by atoms with Gasteiger partial charge in [-0.3, -0.25) is 9.59 Å². The van der Waals surface area contributed by atoms with Gasteiger partial charge in [0.15, 0.2) is 0 Å². The second-order valence-corrected chi connectivity index (χ2v) is 10.6. The minimum Gasteiger partial charge on any atom is -0.487 e. The largest absolute Gasteiger partial charge is 0.487 e. The van der Waals surface area contributed by atoms with E-state index in [1.165, 1.54) is 16.7 Å². The van der Waals surface area contributed by atoms with Crippen LogP contribution in [0.4, 0.5) is 0 Å². The first-order valence-corrected chi connectivity index (χ1v) is 13.2. The maximum absolute atomic E-state index is 13.4. The minimum atomic E-state index is -0.902. The van der Waals surface area contributed by atoms with Crippen molar-refractivity contribution in [3.8, 4) is 5.75 Å². The second kappa shape index (κ2) is 11.6. The number of rotatable bonds is 11. The number of amides is 1. The first kappa shape index (κ1) is 26.5. The predicted molar refractivity (Wildman–Crippen MR) is 146 cm³/mol. The molecule has 194 valence electrons. The summed E-state index contributed by atoms with van der Waals surface area (Å²) in [5, 5.41) is 9.21. The van der Waals surface area contributed by atoms with E-state index in [4.69, 9.17) is 4.74 Å². The van der Waals surface area contributed by atoms with E-state index in [1.807, 2.05) is 30.3 Å². The lowest BCUT2D eigenvalue weighted by molar-refractivity contribution is -0.137. The topological polar surface area (TPSA) is 66.8 Å². The Labute approximate surface area is 220 Å². The lowest BCUT2D eigenvalue weighted by Crippen LogP contribution is -2.34. The Morgan fingerprint density at radius 1 is 0.973 bits per heavy atom. The predicted octanol–water partition coefficient (Wildman–Crippen LogP) is 6.30. The van der Waals surface area contributed by atoms with E-state index < -0.39 is 5.97 Å². The summed E-state index contributed by atoms with van der Waals surface area (Å²) in [5.74, 6) is 0.287. The average molecular weight is 500 g/mol. The van der Waals surface area contributed by atoms with Crippen LogP contribution < -0.4 is 4.74 Å². The number of nitrogens with zero attached hydrogens (tertiary/aromatic N) is 1. The number of carbonyl (C=O) groups excluding carboxylic acids is 1. The molecule has 1 aliphatic rings. The van der Waals surface area contributed by atoms with E-state index in [0.29, 0.717) is 18.0 Å². The number of fused-ring (bicyclic) bond motifs is 1. The Morgan fingerprint density at radius 3 is 2.38 bits per heavy atom. The molecule has 1 amide bonds. The van der Waals surface area contributed by atoms with Crippen molar-refractivity contribution in [1.29, 1.82) is 0 Å². The highest BCUT2D eigenvalue weighted by molar-refractivity contribution is 5.95. The molecular weight excluding hydrogens is 462 g/mol. The summed E-state index contributed by atoms with van der Waals surface area (Å²) >= 11 is 0. The van der Waals surface area contributed by atoms with Crippen LogP contribution in [0, 0.1) is 0 Å². The summed E-state index contributed by atoms with van der Waals surface area (Å²) in [6.45, 7) is 7.21. The number of carboxylic acids is 1. The summed E-state index contributed by atoms with van der Waals surface area (Å²) in [6.07, 6.45) is 3.05. The van der Waals surface area contributed by atoms with Gasteiger partial charge in [-0.2, -0.15) is 0 Å². The molecule has 5 heteroatoms. The minimum absolute atomic E-state index is 0.0706. The Morgan fingerprint density at radius 2 is 1.70 bits per heavy atom. The fourth-order valence-electron chi connectivity index (χ4n) is 5.05. The van der Waals surface area contributed by atoms with Gasteiger partial charge >= 0.3 is 5.97 Å². The van der Waals surface area contributed by atoms with Crippen LogP contribution in [0.25, 0.3) is 0 Å². The zero-order valence-electron chi connectivity index (χ0n) is 22.1. The van der Waals surface area contributed by atoms with Gasteiger partial charge in [0.1, 0.15) is 11.4 Å². The highest BCUT2D eigenvalue weighted by Gasteiger charge is 2.35. The van der Waals surface area contributed by atoms with Crippen molar-refractivity contribution < 1.29 is 19.4 Å². The summed E-state index contributed by atoms with van der Waals surface area (Å²) in [6, 6.07) is 24.5. The molecule has 0 aliphatic carbocycles. The van der Waals surface area contributed by atoms with Gasteiger partial charge in [-0.25, -0.2) is 0 Å². The van der Waals surface area contributed by atoms with Gasteiger partial charge in [0.25, 0.3) is 5.91 Å². The quantitative estimate of drug-likeness (QED) is 0.336. The van der Waals surface area contributed by atoms with Crippen molar-refractivity contribution in [2.75, 3.05) is 13.1 Å². The molecule has 3 aromatic carbocycles. The molecule has 1 N–H and O–H groups in total. The van der Waals surface area contributed by atoms with E-state index >= 15 is 0 Å². The molecule has 0 unspecified atom stereocenters. The molecular formula is C32H37NO4. The third-order valence-electron chi connectivity index (χ3n) is 7.07. The number of aryl methyl sites for hydroxylation is 1. The van der Waals surface area contributed by atoms with Gasteiger partial charge in [-0.15, -0.1) is 0 Å². The van der Waals surface area contributed by atoms with Crippen molar-refractivity contribution in [3.05, 3.63) is 101 Å². The van der Waals surface area contributed by atoms with Crippen molar-refractivity contribution in [3.63, 3.8) is 0 Å². The van der Waals surface area contributed by atoms with Crippen LogP contribution in [0.3, 0.4) is 0 Å². The van der Waals surface area contributed by atoms with E-state index in [1.54, 1.807) is 11.0 Å². The summed E-state index contributed by atoms with van der Waals surface area (Å²) < 4.78 is 6.36. The van der Waals surface area contributed by atoms with Gasteiger partial charge in [0.05, 0.1) is 6.42 Å². The van der Waals surface area contributed by atoms with Gasteiger partial charge in [0, 0.05) is 31.5 Å². The highest BCUT2D eigenvalue weighted by Crippen LogP contribution is 2.38. The van der Waals surface area contributed by atoms with Crippen LogP contribution in [0.2, 0.25) is 0 Å². The number of carboxylic acid groups (broad SMARTS) is 1. The third kappa shape index (κ3) is 7.00. The van der Waals surface area contributed by atoms with E-state index in [9.17, 15) is 14.7 Å². The standard InChI is InChI=1S/C32H37NO4/c1-23(2)26-13-11-25(12-14-26)21-32(3)22-28-20-27(15-16-29(28)37-32)31(36)33(19-17-30(34)35)18-7-10-24-8-5-4-6-9-24/h4-6,8-9,11-16,20,23H,7,10,17-19,21-22H2,1-3H3,(H,34,35)/t32-/m1/s1. The maximum atomic E-state index is 13.4. The molecule has 3 aromatic rings. The van der Waals surface area contributed by atoms with Crippen LogP contribution in [0.15, 0.2) is 72.8 Å². The molecule has 37 heavy (non-hydrogen) atoms. The van der Waals surface area contributed by atoms with Gasteiger partial charge in [-0.1, -0.05) is 68.4 Å². The van der Waals surface area contributed by atoms with Crippen molar-refractivity contribution in [2.24, 2.45) is 0 Å². The molecule has 4 rings (SSSR count). The molecule has 0 aromatic heterocycles. The zero-order valence-corrected chi connectivity index (χ0v) is 22.1. The normalized spacial score (nSPS) is 16.3. The molecule has 0 saturated heterocycles. The molecule has 1 aliphatic heterocycles. The molecule has 5 nitrogen and oxygen atoms in total. The lowest BCUT2D eigenvalue weighted by Gasteiger charge is -2.24. The van der Waals surface area contributed by atoms with E-state index in [-0.39, 0.29) is 24.5 Å². The van der Waals surface area contributed by atoms with Crippen LogP contribution in [-0.4, -0.2) is 40.6 Å². The fourth-order valence-corrected chi connectivity index (χ4v) is 5.05. The lowest BCUT2D eigenvalue weighted by atomic mass is 9.90. The molecule has 0 radical (unpaired) electrons. The Bertz CT molecular complexity index is 1220. The molecule has 0 fully saturated rings. The van der Waals surface area contributed by atoms with Gasteiger partial charge < -0.3 is 14.7 Å². The van der Waals surface area contributed by atoms with Crippen LogP contribution >= 0.6 is 0 Å². The van der Waals surface area contributed by atoms with Crippen molar-refractivity contribution in [2.45, 2.75) is 64.4 Å². The summed E-state index contributed by atoms with van der Waals surface area (Å²) in [4.78, 5) is 26.3. The van der Waals surface area contributed by atoms with Crippen LogP contribution in [-0.2, 0) is 24.1 Å². The van der Waals surface area contributed by atoms with Crippen molar-refractivity contribution in [1.82, 2.24) is 4.90 Å². The molecule has 0 spiro atoms. The number of hydrogen-bond acceptors (Lipinski definition) is 3. The number of aliphatic carboxylic acids is 1. The number of ether oxygens (including phenoxy) is 1. The van der Waals surface area contributed by atoms with Crippen LogP contribution in [0.5, 0.6) is 5.75 Å². The molecule has 0 bridgehead atoms. The second-order valence-electron chi connectivity index (χ2n) is 10.6. The monoisotopic (exact) mass is 499 g/mol. The Balaban J connectivity index is 1.43. The maximum Gasteiger partial charge on any atom is 0.305 e. The van der Waals surface area contributed by atoms with Gasteiger partial charge in [-0.05, 0) is 66.1 Å². The van der Waals surface area contributed by atoms with Crippen LogP contribution in [0.1, 0.15) is 72.1 Å². The van der Waals surface area contributed by atoms with E-state index in [2.05, 4.69) is 57.2 Å². The first-order valence-electron chi connectivity index (χ1n) is 13.2. The Kier molecular flexibility index (Phi) is 8.32. The summed E-state index contributed by atoms with van der Waals surface area (Å²) in [7, 11) is 0. The summed E-state index contributed by atoms with van der Waals surface area (Å²) in [5.41, 5.74) is 4.99. The SMILES string of the molecule is CC(C)c1ccc(C[C@]2(C)Cc3cc(C(=O)N(CCCc4ccccc4)CCC(=O)O)ccc3O2)cc1. The Hall–Kier alpha value is -3.60. The highest BCUT2D eigenvalue weighted by atomic mass is 16.5. The molecule has 0 saturated carbocycles. The molecule has 1 heterocycles. The van der Waals surface area contributed by atoms with Crippen molar-refractivity contribution >= 4 is 11.9 Å². The first-order chi connectivity index (χ1) is 17.7. The van der Waals surface area contributed by atoms with Gasteiger partial charge in [0.2, 0.25) is 0 Å².